The molecule has 2 fully saturated rings. The van der Waals surface area contributed by atoms with Crippen LogP contribution in [0, 0.1) is 0 Å². The van der Waals surface area contributed by atoms with Crippen molar-refractivity contribution in [2.45, 2.75) is 31.5 Å². The molecule has 108 valence electrons. The predicted octanol–water partition coefficient (Wildman–Crippen LogP) is 0.887. The van der Waals surface area contributed by atoms with Crippen molar-refractivity contribution in [1.29, 1.82) is 0 Å². The van der Waals surface area contributed by atoms with Crippen LogP contribution >= 0.6 is 0 Å². The Labute approximate surface area is 118 Å². The van der Waals surface area contributed by atoms with Gasteiger partial charge in [0.25, 0.3) is 5.91 Å². The average Bonchev–Trinajstić information content (AvgIpc) is 2.45. The van der Waals surface area contributed by atoms with Crippen LogP contribution < -0.4 is 0 Å². The summed E-state index contributed by atoms with van der Waals surface area (Å²) in [5.74, 6) is 0.123. The molecule has 3 rings (SSSR count). The van der Waals surface area contributed by atoms with Crippen LogP contribution in [0.3, 0.4) is 0 Å². The summed E-state index contributed by atoms with van der Waals surface area (Å²) in [6.07, 6.45) is 5.21. The molecule has 0 saturated carbocycles. The lowest BCUT2D eigenvalue weighted by atomic mass is 9.84. The number of likely N-dealkylation sites (tertiary alicyclic amines) is 1. The Balaban J connectivity index is 1.59. The van der Waals surface area contributed by atoms with Gasteiger partial charge in [-0.15, -0.1) is 0 Å². The zero-order chi connectivity index (χ0) is 14.0. The van der Waals surface area contributed by atoms with E-state index >= 15 is 0 Å². The van der Waals surface area contributed by atoms with E-state index < -0.39 is 0 Å². The van der Waals surface area contributed by atoms with Gasteiger partial charge in [-0.1, -0.05) is 0 Å². The summed E-state index contributed by atoms with van der Waals surface area (Å²) < 4.78 is 11.6. The molecule has 3 heterocycles. The van der Waals surface area contributed by atoms with Gasteiger partial charge in [-0.3, -0.25) is 4.79 Å². The van der Waals surface area contributed by atoms with Crippen molar-refractivity contribution >= 4 is 5.91 Å². The van der Waals surface area contributed by atoms with Crippen LogP contribution in [-0.4, -0.2) is 58.8 Å². The molecule has 20 heavy (non-hydrogen) atoms. The standard InChI is InChI=1S/C14H19N3O3/c1-2-19-11-4-7-20-14(8-11)9-17(10-14)13(18)12-15-5-3-6-16-12/h3,5-6,11H,2,4,7-10H2,1H3/t11-/m0/s1. The Morgan fingerprint density at radius 2 is 2.25 bits per heavy atom. The Morgan fingerprint density at radius 3 is 2.95 bits per heavy atom. The molecule has 1 atom stereocenters. The first-order chi connectivity index (χ1) is 9.72. The van der Waals surface area contributed by atoms with Gasteiger partial charge in [0.05, 0.1) is 19.2 Å². The van der Waals surface area contributed by atoms with Gasteiger partial charge < -0.3 is 14.4 Å². The van der Waals surface area contributed by atoms with Crippen LogP contribution in [-0.2, 0) is 9.47 Å². The largest absolute Gasteiger partial charge is 0.378 e. The van der Waals surface area contributed by atoms with Gasteiger partial charge in [0, 0.05) is 32.0 Å². The minimum Gasteiger partial charge on any atom is -0.378 e. The molecule has 6 heteroatoms. The van der Waals surface area contributed by atoms with Gasteiger partial charge in [-0.25, -0.2) is 9.97 Å². The number of aromatic nitrogens is 2. The fraction of sp³-hybridized carbons (Fsp3) is 0.643. The third-order valence-electron chi connectivity index (χ3n) is 3.85. The van der Waals surface area contributed by atoms with Gasteiger partial charge in [0.15, 0.2) is 0 Å². The lowest BCUT2D eigenvalue weighted by Gasteiger charge is -2.52. The van der Waals surface area contributed by atoms with Crippen LogP contribution in [0.2, 0.25) is 0 Å². The van der Waals surface area contributed by atoms with Crippen molar-refractivity contribution in [3.8, 4) is 0 Å². The summed E-state index contributed by atoms with van der Waals surface area (Å²) in [6.45, 7) is 4.64. The average molecular weight is 277 g/mol. The van der Waals surface area contributed by atoms with E-state index in [1.54, 1.807) is 23.4 Å². The second-order valence-corrected chi connectivity index (χ2v) is 5.34. The molecular weight excluding hydrogens is 258 g/mol. The molecule has 0 aliphatic carbocycles. The Bertz CT molecular complexity index is 472. The van der Waals surface area contributed by atoms with Crippen molar-refractivity contribution in [1.82, 2.24) is 14.9 Å². The van der Waals surface area contributed by atoms with E-state index in [1.807, 2.05) is 6.92 Å². The van der Waals surface area contributed by atoms with Crippen LogP contribution in [0.4, 0.5) is 0 Å². The molecule has 0 N–H and O–H groups in total. The monoisotopic (exact) mass is 277 g/mol. The highest BCUT2D eigenvalue weighted by Crippen LogP contribution is 2.35. The lowest BCUT2D eigenvalue weighted by Crippen LogP contribution is -2.67. The van der Waals surface area contributed by atoms with E-state index in [1.165, 1.54) is 0 Å². The Hall–Kier alpha value is -1.53. The number of carbonyl (C=O) groups excluding carboxylic acids is 1. The van der Waals surface area contributed by atoms with Gasteiger partial charge in [0.1, 0.15) is 5.60 Å². The zero-order valence-electron chi connectivity index (χ0n) is 11.6. The second kappa shape index (κ2) is 5.46. The highest BCUT2D eigenvalue weighted by molar-refractivity contribution is 5.91. The molecular formula is C14H19N3O3. The van der Waals surface area contributed by atoms with Crippen molar-refractivity contribution in [2.24, 2.45) is 0 Å². The SMILES string of the molecule is CCO[C@H]1CCOC2(C1)CN(C(=O)c1ncccn1)C2. The zero-order valence-corrected chi connectivity index (χ0v) is 11.6. The van der Waals surface area contributed by atoms with E-state index in [2.05, 4.69) is 9.97 Å². The first kappa shape index (κ1) is 13.5. The van der Waals surface area contributed by atoms with E-state index in [9.17, 15) is 4.79 Å². The number of carbonyl (C=O) groups is 1. The number of nitrogens with zero attached hydrogens (tertiary/aromatic N) is 3. The Kier molecular flexibility index (Phi) is 3.67. The molecule has 6 nitrogen and oxygen atoms in total. The lowest BCUT2D eigenvalue weighted by molar-refractivity contribution is -0.185. The molecule has 0 aromatic carbocycles. The van der Waals surface area contributed by atoms with Crippen LogP contribution in [0.15, 0.2) is 18.5 Å². The van der Waals surface area contributed by atoms with E-state index in [-0.39, 0.29) is 23.4 Å². The smallest absolute Gasteiger partial charge is 0.291 e. The number of hydrogen-bond acceptors (Lipinski definition) is 5. The number of hydrogen-bond donors (Lipinski definition) is 0. The highest BCUT2D eigenvalue weighted by Gasteiger charge is 2.50. The number of ether oxygens (including phenoxy) is 2. The minimum absolute atomic E-state index is 0.127. The first-order valence-electron chi connectivity index (χ1n) is 7.04. The summed E-state index contributed by atoms with van der Waals surface area (Å²) in [7, 11) is 0. The van der Waals surface area contributed by atoms with E-state index in [0.29, 0.717) is 19.7 Å². The first-order valence-corrected chi connectivity index (χ1v) is 7.04. The quantitative estimate of drug-likeness (QED) is 0.821. The van der Waals surface area contributed by atoms with Crippen molar-refractivity contribution in [3.05, 3.63) is 24.3 Å². The maximum atomic E-state index is 12.2. The molecule has 0 unspecified atom stereocenters. The molecule has 2 aliphatic heterocycles. The maximum Gasteiger partial charge on any atom is 0.291 e. The molecule has 2 aliphatic rings. The predicted molar refractivity (Wildman–Crippen MR) is 71.3 cm³/mol. The van der Waals surface area contributed by atoms with Gasteiger partial charge in [-0.2, -0.15) is 0 Å². The summed E-state index contributed by atoms with van der Waals surface area (Å²) in [5, 5.41) is 0. The topological polar surface area (TPSA) is 64.6 Å². The van der Waals surface area contributed by atoms with Gasteiger partial charge in [-0.05, 0) is 19.4 Å². The third-order valence-corrected chi connectivity index (χ3v) is 3.85. The van der Waals surface area contributed by atoms with Gasteiger partial charge in [0.2, 0.25) is 5.82 Å². The van der Waals surface area contributed by atoms with Gasteiger partial charge >= 0.3 is 0 Å². The second-order valence-electron chi connectivity index (χ2n) is 5.34. The van der Waals surface area contributed by atoms with Crippen molar-refractivity contribution < 1.29 is 14.3 Å². The molecule has 0 bridgehead atoms. The molecule has 0 radical (unpaired) electrons. The van der Waals surface area contributed by atoms with Crippen LogP contribution in [0.5, 0.6) is 0 Å². The van der Waals surface area contributed by atoms with Crippen LogP contribution in [0.25, 0.3) is 0 Å². The number of amides is 1. The summed E-state index contributed by atoms with van der Waals surface area (Å²) in [5.41, 5.74) is -0.220. The maximum absolute atomic E-state index is 12.2. The summed E-state index contributed by atoms with van der Waals surface area (Å²) in [4.78, 5) is 21.9. The fourth-order valence-corrected chi connectivity index (χ4v) is 2.93. The molecule has 1 spiro atoms. The molecule has 1 amide bonds. The number of rotatable bonds is 3. The summed E-state index contributed by atoms with van der Waals surface area (Å²) >= 11 is 0. The minimum atomic E-state index is -0.220. The van der Waals surface area contributed by atoms with Crippen molar-refractivity contribution in [3.63, 3.8) is 0 Å². The van der Waals surface area contributed by atoms with E-state index in [0.717, 1.165) is 19.4 Å². The Morgan fingerprint density at radius 1 is 1.50 bits per heavy atom. The van der Waals surface area contributed by atoms with Crippen LogP contribution in [0.1, 0.15) is 30.4 Å². The molecule has 1 aromatic heterocycles. The fourth-order valence-electron chi connectivity index (χ4n) is 2.93. The van der Waals surface area contributed by atoms with Crippen molar-refractivity contribution in [2.75, 3.05) is 26.3 Å². The molecule has 1 aromatic rings. The normalized spacial score (nSPS) is 24.4. The molecule has 2 saturated heterocycles. The third kappa shape index (κ3) is 2.53. The highest BCUT2D eigenvalue weighted by atomic mass is 16.5. The van der Waals surface area contributed by atoms with E-state index in [4.69, 9.17) is 9.47 Å². The summed E-state index contributed by atoms with van der Waals surface area (Å²) in [6, 6.07) is 1.70.